The predicted molar refractivity (Wildman–Crippen MR) is 59.7 cm³/mol. The van der Waals surface area contributed by atoms with Gasteiger partial charge in [0.1, 0.15) is 6.61 Å². The maximum atomic E-state index is 12.8. The van der Waals surface area contributed by atoms with Crippen LogP contribution in [0.5, 0.6) is 0 Å². The summed E-state index contributed by atoms with van der Waals surface area (Å²) < 4.78 is 48.0. The number of alkyl halides is 3. The summed E-state index contributed by atoms with van der Waals surface area (Å²) in [6, 6.07) is 4.00. The molecule has 0 saturated carbocycles. The lowest BCUT2D eigenvalue weighted by atomic mass is 10.1. The van der Waals surface area contributed by atoms with Crippen LogP contribution in [0.3, 0.4) is 0 Å². The molecule has 0 radical (unpaired) electrons. The summed E-state index contributed by atoms with van der Waals surface area (Å²) >= 11 is 0. The molecule has 0 saturated heterocycles. The van der Waals surface area contributed by atoms with E-state index in [1.807, 2.05) is 0 Å². The number of carbonyl (C=O) groups is 1. The molecule has 0 aromatic heterocycles. The van der Waals surface area contributed by atoms with Gasteiger partial charge in [0.25, 0.3) is 0 Å². The van der Waals surface area contributed by atoms with Gasteiger partial charge in [0.2, 0.25) is 5.90 Å². The van der Waals surface area contributed by atoms with Gasteiger partial charge in [0, 0.05) is 5.56 Å². The third-order valence-corrected chi connectivity index (χ3v) is 2.59. The highest BCUT2D eigenvalue weighted by Gasteiger charge is 2.36. The van der Waals surface area contributed by atoms with Gasteiger partial charge in [-0.2, -0.15) is 13.2 Å². The lowest BCUT2D eigenvalue weighted by molar-refractivity contribution is -0.142. The van der Waals surface area contributed by atoms with E-state index in [4.69, 9.17) is 4.74 Å². The van der Waals surface area contributed by atoms with Crippen LogP contribution in [0.15, 0.2) is 29.3 Å². The maximum Gasteiger partial charge on any atom is 0.417 e. The molecule has 1 atom stereocenters. The zero-order valence-corrected chi connectivity index (χ0v) is 9.90. The van der Waals surface area contributed by atoms with Crippen molar-refractivity contribution in [2.24, 2.45) is 4.99 Å². The molecule has 102 valence electrons. The topological polar surface area (TPSA) is 47.9 Å². The van der Waals surface area contributed by atoms with Gasteiger partial charge in [-0.15, -0.1) is 0 Å². The molecule has 0 unspecified atom stereocenters. The van der Waals surface area contributed by atoms with E-state index < -0.39 is 23.8 Å². The normalized spacial score (nSPS) is 18.7. The standard InChI is InChI=1S/C12H10F3NO3/c1-18-11(17)9-6-19-10(16-9)7-4-2-3-5-8(7)12(13,14)15/h2-5,9H,6H2,1H3/t9-/m0/s1. The van der Waals surface area contributed by atoms with Crippen molar-refractivity contribution in [1.82, 2.24) is 0 Å². The van der Waals surface area contributed by atoms with E-state index in [1.54, 1.807) is 0 Å². The number of benzene rings is 1. The van der Waals surface area contributed by atoms with E-state index in [-0.39, 0.29) is 18.1 Å². The van der Waals surface area contributed by atoms with Gasteiger partial charge < -0.3 is 9.47 Å². The largest absolute Gasteiger partial charge is 0.475 e. The number of methoxy groups -OCH3 is 1. The Kier molecular flexibility index (Phi) is 3.46. The van der Waals surface area contributed by atoms with Crippen molar-refractivity contribution in [2.45, 2.75) is 12.2 Å². The molecule has 0 spiro atoms. The smallest absolute Gasteiger partial charge is 0.417 e. The molecule has 1 aliphatic heterocycles. The third-order valence-electron chi connectivity index (χ3n) is 2.59. The summed E-state index contributed by atoms with van der Waals surface area (Å²) in [7, 11) is 1.18. The van der Waals surface area contributed by atoms with Crippen LogP contribution in [0.2, 0.25) is 0 Å². The number of carbonyl (C=O) groups excluding carboxylic acids is 1. The summed E-state index contributed by atoms with van der Waals surface area (Å²) in [5, 5.41) is 0. The molecule has 1 aromatic carbocycles. The molecule has 2 rings (SSSR count). The molecule has 4 nitrogen and oxygen atoms in total. The quantitative estimate of drug-likeness (QED) is 0.774. The molecule has 0 bridgehead atoms. The number of nitrogens with zero attached hydrogens (tertiary/aromatic N) is 1. The number of esters is 1. The zero-order valence-electron chi connectivity index (χ0n) is 9.90. The number of hydrogen-bond donors (Lipinski definition) is 0. The number of halogens is 3. The second kappa shape index (κ2) is 4.91. The monoisotopic (exact) mass is 273 g/mol. The van der Waals surface area contributed by atoms with Gasteiger partial charge in [-0.05, 0) is 12.1 Å². The SMILES string of the molecule is COC(=O)[C@@H]1COC(c2ccccc2C(F)(F)F)=N1. The number of aliphatic imine (C=N–C) groups is 1. The van der Waals surface area contributed by atoms with Crippen LogP contribution in [0.1, 0.15) is 11.1 Å². The Bertz CT molecular complexity index is 525. The third kappa shape index (κ3) is 2.69. The minimum absolute atomic E-state index is 0.117. The average molecular weight is 273 g/mol. The lowest BCUT2D eigenvalue weighted by Crippen LogP contribution is -2.21. The number of ether oxygens (including phenoxy) is 2. The first-order valence-corrected chi connectivity index (χ1v) is 5.38. The highest BCUT2D eigenvalue weighted by atomic mass is 19.4. The second-order valence-corrected chi connectivity index (χ2v) is 3.83. The van der Waals surface area contributed by atoms with Crippen molar-refractivity contribution in [3.63, 3.8) is 0 Å². The van der Waals surface area contributed by atoms with Crippen molar-refractivity contribution in [3.8, 4) is 0 Å². The van der Waals surface area contributed by atoms with Crippen molar-refractivity contribution < 1.29 is 27.4 Å². The summed E-state index contributed by atoms with van der Waals surface area (Å²) in [6.45, 7) is -0.117. The van der Waals surface area contributed by atoms with E-state index in [0.717, 1.165) is 6.07 Å². The Labute approximate surface area is 106 Å². The minimum atomic E-state index is -4.51. The number of rotatable bonds is 2. The van der Waals surface area contributed by atoms with Crippen LogP contribution in [-0.2, 0) is 20.4 Å². The van der Waals surface area contributed by atoms with E-state index in [9.17, 15) is 18.0 Å². The van der Waals surface area contributed by atoms with Gasteiger partial charge in [0.05, 0.1) is 12.7 Å². The first-order valence-electron chi connectivity index (χ1n) is 5.38. The molecule has 19 heavy (non-hydrogen) atoms. The summed E-state index contributed by atoms with van der Waals surface area (Å²) in [5.41, 5.74) is -1.03. The van der Waals surface area contributed by atoms with Crippen molar-refractivity contribution >= 4 is 11.9 Å². The summed E-state index contributed by atoms with van der Waals surface area (Å²) in [5.74, 6) is -0.831. The van der Waals surface area contributed by atoms with Gasteiger partial charge in [-0.1, -0.05) is 12.1 Å². The fourth-order valence-electron chi connectivity index (χ4n) is 1.69. The highest BCUT2D eigenvalue weighted by molar-refractivity contribution is 5.98. The first kappa shape index (κ1) is 13.4. The van der Waals surface area contributed by atoms with Crippen molar-refractivity contribution in [1.29, 1.82) is 0 Å². The van der Waals surface area contributed by atoms with Crippen LogP contribution < -0.4 is 0 Å². The highest BCUT2D eigenvalue weighted by Crippen LogP contribution is 2.33. The molecular formula is C12H10F3NO3. The van der Waals surface area contributed by atoms with Gasteiger partial charge in [-0.25, -0.2) is 9.79 Å². The fourth-order valence-corrected chi connectivity index (χ4v) is 1.69. The maximum absolute atomic E-state index is 12.8. The number of hydrogen-bond acceptors (Lipinski definition) is 4. The van der Waals surface area contributed by atoms with Gasteiger partial charge in [0.15, 0.2) is 6.04 Å². The fraction of sp³-hybridized carbons (Fsp3) is 0.333. The molecule has 0 fully saturated rings. The van der Waals surface area contributed by atoms with E-state index in [1.165, 1.54) is 25.3 Å². The molecule has 0 aliphatic carbocycles. The Hall–Kier alpha value is -2.05. The Morgan fingerprint density at radius 3 is 2.74 bits per heavy atom. The van der Waals surface area contributed by atoms with E-state index in [0.29, 0.717) is 0 Å². The molecular weight excluding hydrogens is 263 g/mol. The van der Waals surface area contributed by atoms with Crippen molar-refractivity contribution in [2.75, 3.05) is 13.7 Å². The van der Waals surface area contributed by atoms with E-state index >= 15 is 0 Å². The van der Waals surface area contributed by atoms with Gasteiger partial charge >= 0.3 is 12.1 Å². The second-order valence-electron chi connectivity index (χ2n) is 3.83. The summed E-state index contributed by atoms with van der Waals surface area (Å²) in [6.07, 6.45) is -4.51. The molecule has 7 heteroatoms. The molecule has 0 amide bonds. The lowest BCUT2D eigenvalue weighted by Gasteiger charge is -2.11. The molecule has 0 N–H and O–H groups in total. The molecule has 1 aromatic rings. The first-order chi connectivity index (χ1) is 8.93. The van der Waals surface area contributed by atoms with E-state index in [2.05, 4.69) is 9.73 Å². The summed E-state index contributed by atoms with van der Waals surface area (Å²) in [4.78, 5) is 15.1. The van der Waals surface area contributed by atoms with Gasteiger partial charge in [-0.3, -0.25) is 0 Å². The van der Waals surface area contributed by atoms with Crippen LogP contribution >= 0.6 is 0 Å². The van der Waals surface area contributed by atoms with Crippen LogP contribution in [0.25, 0.3) is 0 Å². The Morgan fingerprint density at radius 1 is 1.42 bits per heavy atom. The average Bonchev–Trinajstić information content (AvgIpc) is 2.86. The van der Waals surface area contributed by atoms with Crippen LogP contribution in [0.4, 0.5) is 13.2 Å². The minimum Gasteiger partial charge on any atom is -0.475 e. The predicted octanol–water partition coefficient (Wildman–Crippen LogP) is 2.02. The molecule has 1 aliphatic rings. The van der Waals surface area contributed by atoms with Crippen LogP contribution in [0, 0.1) is 0 Å². The Balaban J connectivity index is 2.36. The Morgan fingerprint density at radius 2 is 2.11 bits per heavy atom. The van der Waals surface area contributed by atoms with Crippen molar-refractivity contribution in [3.05, 3.63) is 35.4 Å². The van der Waals surface area contributed by atoms with Crippen LogP contribution in [-0.4, -0.2) is 31.6 Å². The molecule has 1 heterocycles. The zero-order chi connectivity index (χ0) is 14.0.